The number of aliphatic carboxylic acids is 1. The highest BCUT2D eigenvalue weighted by molar-refractivity contribution is 6.30. The Kier molecular flexibility index (Phi) is 5.33. The first-order valence-corrected chi connectivity index (χ1v) is 7.22. The highest BCUT2D eigenvalue weighted by atomic mass is 35.5. The predicted octanol–water partition coefficient (Wildman–Crippen LogP) is 2.57. The van der Waals surface area contributed by atoms with Gasteiger partial charge in [0.1, 0.15) is 11.9 Å². The Balaban J connectivity index is 2.19. The molecular weight excluding hydrogens is 325 g/mol. The number of nitrogens with zero attached hydrogens (tertiary/aromatic N) is 2. The summed E-state index contributed by atoms with van der Waals surface area (Å²) in [4.78, 5) is 23.3. The summed E-state index contributed by atoms with van der Waals surface area (Å²) < 4.78 is 15.0. The summed E-state index contributed by atoms with van der Waals surface area (Å²) in [6.45, 7) is 1.63. The SMILES string of the molecule is C[C@H](C(=O)N[C@H](CC(=O)O)c1ccc(Cl)c(F)c1)n1cccn1. The molecule has 0 aliphatic rings. The highest BCUT2D eigenvalue weighted by Crippen LogP contribution is 2.23. The number of carboxylic acids is 1. The molecule has 0 bridgehead atoms. The Morgan fingerprint density at radius 1 is 1.48 bits per heavy atom. The monoisotopic (exact) mass is 339 g/mol. The van der Waals surface area contributed by atoms with Crippen LogP contribution in [-0.4, -0.2) is 26.8 Å². The van der Waals surface area contributed by atoms with Crippen LogP contribution in [0, 0.1) is 5.82 Å². The number of rotatable bonds is 6. The fourth-order valence-electron chi connectivity index (χ4n) is 2.08. The van der Waals surface area contributed by atoms with Gasteiger partial charge in [0.15, 0.2) is 0 Å². The summed E-state index contributed by atoms with van der Waals surface area (Å²) in [7, 11) is 0. The zero-order valence-corrected chi connectivity index (χ0v) is 13.0. The van der Waals surface area contributed by atoms with E-state index in [0.29, 0.717) is 5.56 Å². The topological polar surface area (TPSA) is 84.2 Å². The third-order valence-electron chi connectivity index (χ3n) is 3.34. The molecule has 1 heterocycles. The van der Waals surface area contributed by atoms with Gasteiger partial charge >= 0.3 is 5.97 Å². The molecule has 2 rings (SSSR count). The maximum atomic E-state index is 13.6. The summed E-state index contributed by atoms with van der Waals surface area (Å²) in [6, 6.07) is 4.10. The third kappa shape index (κ3) is 4.29. The van der Waals surface area contributed by atoms with Crippen molar-refractivity contribution < 1.29 is 19.1 Å². The average molecular weight is 340 g/mol. The molecule has 0 saturated carbocycles. The van der Waals surface area contributed by atoms with Crippen LogP contribution in [-0.2, 0) is 9.59 Å². The summed E-state index contributed by atoms with van der Waals surface area (Å²) in [5, 5.41) is 15.5. The van der Waals surface area contributed by atoms with Crippen LogP contribution in [0.15, 0.2) is 36.7 Å². The van der Waals surface area contributed by atoms with E-state index < -0.39 is 29.8 Å². The van der Waals surface area contributed by atoms with Gasteiger partial charge in [0.25, 0.3) is 0 Å². The molecule has 0 spiro atoms. The van der Waals surface area contributed by atoms with E-state index in [4.69, 9.17) is 16.7 Å². The van der Waals surface area contributed by atoms with E-state index in [2.05, 4.69) is 10.4 Å². The molecule has 0 aliphatic carbocycles. The lowest BCUT2D eigenvalue weighted by atomic mass is 10.0. The molecule has 0 aliphatic heterocycles. The molecule has 0 unspecified atom stereocenters. The standard InChI is InChI=1S/C15H15ClFN3O3/c1-9(20-6-2-5-18-20)15(23)19-13(8-14(21)22)10-3-4-11(16)12(17)7-10/h2-7,9,13H,8H2,1H3,(H,19,23)(H,21,22)/t9-,13-/m1/s1. The van der Waals surface area contributed by atoms with E-state index in [9.17, 15) is 14.0 Å². The molecule has 6 nitrogen and oxygen atoms in total. The van der Waals surface area contributed by atoms with E-state index in [1.807, 2.05) is 0 Å². The number of benzene rings is 1. The van der Waals surface area contributed by atoms with E-state index >= 15 is 0 Å². The summed E-state index contributed by atoms with van der Waals surface area (Å²) in [5.74, 6) is -2.21. The average Bonchev–Trinajstić information content (AvgIpc) is 3.02. The lowest BCUT2D eigenvalue weighted by Gasteiger charge is -2.20. The number of hydrogen-bond acceptors (Lipinski definition) is 3. The number of hydrogen-bond donors (Lipinski definition) is 2. The molecule has 2 aromatic rings. The predicted molar refractivity (Wildman–Crippen MR) is 81.5 cm³/mol. The van der Waals surface area contributed by atoms with Gasteiger partial charge in [-0.3, -0.25) is 14.3 Å². The van der Waals surface area contributed by atoms with Crippen molar-refractivity contribution in [1.82, 2.24) is 15.1 Å². The van der Waals surface area contributed by atoms with Gasteiger partial charge in [-0.2, -0.15) is 5.10 Å². The molecule has 8 heteroatoms. The summed E-state index contributed by atoms with van der Waals surface area (Å²) in [5.41, 5.74) is 0.329. The Morgan fingerprint density at radius 2 is 2.22 bits per heavy atom. The second-order valence-electron chi connectivity index (χ2n) is 4.99. The van der Waals surface area contributed by atoms with E-state index in [1.165, 1.54) is 23.0 Å². The van der Waals surface area contributed by atoms with Crippen LogP contribution in [0.25, 0.3) is 0 Å². The largest absolute Gasteiger partial charge is 0.481 e. The van der Waals surface area contributed by atoms with Crippen molar-refractivity contribution >= 4 is 23.5 Å². The van der Waals surface area contributed by atoms with Crippen molar-refractivity contribution in [1.29, 1.82) is 0 Å². The smallest absolute Gasteiger partial charge is 0.305 e. The van der Waals surface area contributed by atoms with Gasteiger partial charge in [-0.25, -0.2) is 4.39 Å². The number of carbonyl (C=O) groups excluding carboxylic acids is 1. The minimum atomic E-state index is -1.11. The van der Waals surface area contributed by atoms with Crippen LogP contribution >= 0.6 is 11.6 Å². The molecule has 1 aromatic carbocycles. The maximum Gasteiger partial charge on any atom is 0.305 e. The van der Waals surface area contributed by atoms with Crippen molar-refractivity contribution in [2.24, 2.45) is 0 Å². The quantitative estimate of drug-likeness (QED) is 0.847. The third-order valence-corrected chi connectivity index (χ3v) is 3.65. The molecule has 0 radical (unpaired) electrons. The molecule has 23 heavy (non-hydrogen) atoms. The first kappa shape index (κ1) is 17.0. The normalized spacial score (nSPS) is 13.3. The van der Waals surface area contributed by atoms with E-state index in [0.717, 1.165) is 6.07 Å². The van der Waals surface area contributed by atoms with E-state index in [-0.39, 0.29) is 11.4 Å². The zero-order chi connectivity index (χ0) is 17.0. The fraction of sp³-hybridized carbons (Fsp3) is 0.267. The lowest BCUT2D eigenvalue weighted by Crippen LogP contribution is -2.35. The van der Waals surface area contributed by atoms with Crippen molar-refractivity contribution in [3.63, 3.8) is 0 Å². The molecule has 1 amide bonds. The van der Waals surface area contributed by atoms with Crippen molar-refractivity contribution in [3.8, 4) is 0 Å². The molecule has 1 aromatic heterocycles. The Morgan fingerprint density at radius 3 is 2.78 bits per heavy atom. The van der Waals surface area contributed by atoms with Crippen LogP contribution in [0.4, 0.5) is 4.39 Å². The Bertz CT molecular complexity index is 706. The first-order valence-electron chi connectivity index (χ1n) is 6.84. The highest BCUT2D eigenvalue weighted by Gasteiger charge is 2.23. The van der Waals surface area contributed by atoms with Gasteiger partial charge in [0.05, 0.1) is 17.5 Å². The van der Waals surface area contributed by atoms with Crippen LogP contribution in [0.5, 0.6) is 0 Å². The maximum absolute atomic E-state index is 13.6. The van der Waals surface area contributed by atoms with Crippen LogP contribution in [0.3, 0.4) is 0 Å². The minimum absolute atomic E-state index is 0.0703. The van der Waals surface area contributed by atoms with Crippen molar-refractivity contribution in [2.75, 3.05) is 0 Å². The Hall–Kier alpha value is -2.41. The number of amides is 1. The second kappa shape index (κ2) is 7.23. The molecule has 0 fully saturated rings. The van der Waals surface area contributed by atoms with Crippen LogP contribution in [0.2, 0.25) is 5.02 Å². The van der Waals surface area contributed by atoms with Gasteiger partial charge < -0.3 is 10.4 Å². The van der Waals surface area contributed by atoms with E-state index in [1.54, 1.807) is 19.2 Å². The van der Waals surface area contributed by atoms with Gasteiger partial charge in [0.2, 0.25) is 5.91 Å². The summed E-state index contributed by atoms with van der Waals surface area (Å²) >= 11 is 5.62. The first-order chi connectivity index (χ1) is 10.9. The van der Waals surface area contributed by atoms with Crippen LogP contribution in [0.1, 0.15) is 31.0 Å². The Labute approximate surface area is 136 Å². The molecule has 122 valence electrons. The van der Waals surface area contributed by atoms with Gasteiger partial charge in [-0.1, -0.05) is 17.7 Å². The zero-order valence-electron chi connectivity index (χ0n) is 12.2. The van der Waals surface area contributed by atoms with Crippen molar-refractivity contribution in [3.05, 3.63) is 53.1 Å². The summed E-state index contributed by atoms with van der Waals surface area (Å²) in [6.07, 6.45) is 2.78. The fourth-order valence-corrected chi connectivity index (χ4v) is 2.20. The number of carboxylic acid groups (broad SMARTS) is 1. The molecule has 2 N–H and O–H groups in total. The molecular formula is C15H15ClFN3O3. The minimum Gasteiger partial charge on any atom is -0.481 e. The van der Waals surface area contributed by atoms with Gasteiger partial charge in [-0.15, -0.1) is 0 Å². The lowest BCUT2D eigenvalue weighted by molar-refractivity contribution is -0.137. The second-order valence-corrected chi connectivity index (χ2v) is 5.40. The number of halogens is 2. The number of nitrogens with one attached hydrogen (secondary N) is 1. The molecule has 2 atom stereocenters. The van der Waals surface area contributed by atoms with Gasteiger partial charge in [-0.05, 0) is 30.7 Å². The van der Waals surface area contributed by atoms with Gasteiger partial charge in [0, 0.05) is 12.4 Å². The number of aromatic nitrogens is 2. The number of carbonyl (C=O) groups is 2. The molecule has 0 saturated heterocycles. The van der Waals surface area contributed by atoms with Crippen molar-refractivity contribution in [2.45, 2.75) is 25.4 Å². The van der Waals surface area contributed by atoms with Crippen LogP contribution < -0.4 is 5.32 Å².